The van der Waals surface area contributed by atoms with Crippen LogP contribution < -0.4 is 16.8 Å². The lowest BCUT2D eigenvalue weighted by Gasteiger charge is -2.14. The number of carbonyl (C=O) groups excluding carboxylic acids is 1. The zero-order valence-electron chi connectivity index (χ0n) is 8.05. The predicted molar refractivity (Wildman–Crippen MR) is 60.8 cm³/mol. The topological polar surface area (TPSA) is 81.1 Å². The fraction of sp³-hybridized carbons (Fsp3) is 0.222. The molecule has 0 aliphatic rings. The highest BCUT2D eigenvalue weighted by molar-refractivity contribution is 9.10. The van der Waals surface area contributed by atoms with Gasteiger partial charge in [-0.2, -0.15) is 0 Å². The Morgan fingerprint density at radius 1 is 1.60 bits per heavy atom. The van der Waals surface area contributed by atoms with E-state index in [-0.39, 0.29) is 4.47 Å². The van der Waals surface area contributed by atoms with Crippen molar-refractivity contribution in [3.05, 3.63) is 22.4 Å². The molecule has 0 saturated heterocycles. The van der Waals surface area contributed by atoms with E-state index in [2.05, 4.69) is 21.2 Å². The first kappa shape index (κ1) is 11.8. The van der Waals surface area contributed by atoms with Gasteiger partial charge in [-0.3, -0.25) is 4.79 Å². The van der Waals surface area contributed by atoms with Crippen LogP contribution in [0.1, 0.15) is 6.92 Å². The minimum absolute atomic E-state index is 0.275. The van der Waals surface area contributed by atoms with E-state index in [9.17, 15) is 9.18 Å². The number of carbonyl (C=O) groups is 1. The van der Waals surface area contributed by atoms with Crippen molar-refractivity contribution in [3.8, 4) is 0 Å². The number of hydrogen-bond acceptors (Lipinski definition) is 3. The van der Waals surface area contributed by atoms with Crippen LogP contribution in [0.25, 0.3) is 0 Å². The molecule has 0 bridgehead atoms. The predicted octanol–water partition coefficient (Wildman–Crippen LogP) is 1.46. The molecule has 0 fully saturated rings. The molecule has 1 aromatic rings. The highest BCUT2D eigenvalue weighted by Crippen LogP contribution is 2.26. The summed E-state index contributed by atoms with van der Waals surface area (Å²) in [4.78, 5) is 10.8. The molecule has 1 atom stereocenters. The first-order chi connectivity index (χ1) is 6.91. The maximum Gasteiger partial charge on any atom is 0.239 e. The summed E-state index contributed by atoms with van der Waals surface area (Å²) in [6, 6.07) is 2.03. The highest BCUT2D eigenvalue weighted by Gasteiger charge is 2.11. The molecule has 15 heavy (non-hydrogen) atoms. The Morgan fingerprint density at radius 2 is 2.20 bits per heavy atom. The van der Waals surface area contributed by atoms with Crippen molar-refractivity contribution in [1.82, 2.24) is 0 Å². The van der Waals surface area contributed by atoms with E-state index in [1.54, 1.807) is 6.92 Å². The van der Waals surface area contributed by atoms with Crippen LogP contribution in [0.5, 0.6) is 0 Å². The number of hydrogen-bond donors (Lipinski definition) is 3. The van der Waals surface area contributed by atoms with Crippen molar-refractivity contribution < 1.29 is 9.18 Å². The number of nitrogens with one attached hydrogen (secondary N) is 1. The first-order valence-corrected chi connectivity index (χ1v) is 5.01. The molecule has 82 valence electrons. The minimum Gasteiger partial charge on any atom is -0.397 e. The summed E-state index contributed by atoms with van der Waals surface area (Å²) in [5, 5.41) is 2.72. The molecule has 1 amide bonds. The standard InChI is InChI=1S/C9H11BrFN3O/c1-4(9(13)15)14-8-3-6(11)5(10)2-7(8)12/h2-4,14H,12H2,1H3,(H2,13,15). The third-order valence-electron chi connectivity index (χ3n) is 1.89. The van der Waals surface area contributed by atoms with E-state index in [1.165, 1.54) is 12.1 Å². The molecule has 6 heteroatoms. The SMILES string of the molecule is CC(Nc1cc(F)c(Br)cc1N)C(N)=O. The van der Waals surface area contributed by atoms with Crippen molar-refractivity contribution in [2.24, 2.45) is 5.73 Å². The summed E-state index contributed by atoms with van der Waals surface area (Å²) in [6.07, 6.45) is 0. The molecule has 1 rings (SSSR count). The van der Waals surface area contributed by atoms with Crippen LogP contribution in [0.3, 0.4) is 0 Å². The molecule has 0 aromatic heterocycles. The maximum atomic E-state index is 13.2. The molecule has 4 nitrogen and oxygen atoms in total. The lowest BCUT2D eigenvalue weighted by Crippen LogP contribution is -2.32. The molecule has 0 aliphatic heterocycles. The zero-order chi connectivity index (χ0) is 11.6. The van der Waals surface area contributed by atoms with Crippen LogP contribution in [0.15, 0.2) is 16.6 Å². The highest BCUT2D eigenvalue weighted by atomic mass is 79.9. The summed E-state index contributed by atoms with van der Waals surface area (Å²) in [7, 11) is 0. The summed E-state index contributed by atoms with van der Waals surface area (Å²) in [5.41, 5.74) is 11.4. The molecule has 0 radical (unpaired) electrons. The van der Waals surface area contributed by atoms with Gasteiger partial charge in [0.2, 0.25) is 5.91 Å². The molecule has 0 spiro atoms. The van der Waals surface area contributed by atoms with E-state index in [0.29, 0.717) is 11.4 Å². The second-order valence-electron chi connectivity index (χ2n) is 3.12. The fourth-order valence-corrected chi connectivity index (χ4v) is 1.35. The van der Waals surface area contributed by atoms with E-state index in [4.69, 9.17) is 11.5 Å². The molecule has 0 heterocycles. The lowest BCUT2D eigenvalue weighted by molar-refractivity contribution is -0.118. The average Bonchev–Trinajstić information content (AvgIpc) is 2.13. The molecular weight excluding hydrogens is 265 g/mol. The van der Waals surface area contributed by atoms with E-state index >= 15 is 0 Å². The Labute approximate surface area is 95.0 Å². The monoisotopic (exact) mass is 275 g/mol. The average molecular weight is 276 g/mol. The molecule has 1 aromatic carbocycles. The van der Waals surface area contributed by atoms with Crippen LogP contribution >= 0.6 is 15.9 Å². The number of nitrogens with two attached hydrogens (primary N) is 2. The number of halogens is 2. The summed E-state index contributed by atoms with van der Waals surface area (Å²) >= 11 is 3.00. The van der Waals surface area contributed by atoms with Crippen molar-refractivity contribution in [1.29, 1.82) is 0 Å². The van der Waals surface area contributed by atoms with Gasteiger partial charge in [0.25, 0.3) is 0 Å². The van der Waals surface area contributed by atoms with Crippen LogP contribution in [-0.4, -0.2) is 11.9 Å². The molecular formula is C9H11BrFN3O. The zero-order valence-corrected chi connectivity index (χ0v) is 9.64. The Hall–Kier alpha value is -1.30. The molecule has 0 aliphatic carbocycles. The molecule has 5 N–H and O–H groups in total. The number of primary amides is 1. The third-order valence-corrected chi connectivity index (χ3v) is 2.50. The van der Waals surface area contributed by atoms with Crippen molar-refractivity contribution in [2.75, 3.05) is 11.1 Å². The first-order valence-electron chi connectivity index (χ1n) is 4.22. The van der Waals surface area contributed by atoms with Gasteiger partial charge in [0.15, 0.2) is 0 Å². The van der Waals surface area contributed by atoms with Crippen molar-refractivity contribution in [3.63, 3.8) is 0 Å². The van der Waals surface area contributed by atoms with Gasteiger partial charge in [0.05, 0.1) is 15.8 Å². The van der Waals surface area contributed by atoms with Crippen LogP contribution in [0, 0.1) is 5.82 Å². The largest absolute Gasteiger partial charge is 0.397 e. The van der Waals surface area contributed by atoms with Gasteiger partial charge in [-0.15, -0.1) is 0 Å². The van der Waals surface area contributed by atoms with Gasteiger partial charge < -0.3 is 16.8 Å². The molecule has 0 saturated carbocycles. The van der Waals surface area contributed by atoms with Gasteiger partial charge in [0, 0.05) is 6.07 Å². The van der Waals surface area contributed by atoms with Gasteiger partial charge in [-0.25, -0.2) is 4.39 Å². The van der Waals surface area contributed by atoms with Gasteiger partial charge in [-0.05, 0) is 28.9 Å². The van der Waals surface area contributed by atoms with E-state index in [0.717, 1.165) is 0 Å². The van der Waals surface area contributed by atoms with Gasteiger partial charge in [-0.1, -0.05) is 0 Å². The fourth-order valence-electron chi connectivity index (χ4n) is 0.992. The Kier molecular flexibility index (Phi) is 3.52. The normalized spacial score (nSPS) is 12.2. The summed E-state index contributed by atoms with van der Waals surface area (Å²) in [5.74, 6) is -0.985. The Morgan fingerprint density at radius 3 is 2.73 bits per heavy atom. The smallest absolute Gasteiger partial charge is 0.239 e. The van der Waals surface area contributed by atoms with Crippen LogP contribution in [-0.2, 0) is 4.79 Å². The quantitative estimate of drug-likeness (QED) is 0.731. The number of anilines is 2. The maximum absolute atomic E-state index is 13.2. The van der Waals surface area contributed by atoms with Crippen LogP contribution in [0.2, 0.25) is 0 Å². The number of benzene rings is 1. The second-order valence-corrected chi connectivity index (χ2v) is 3.98. The Bertz CT molecular complexity index is 397. The van der Waals surface area contributed by atoms with Crippen LogP contribution in [0.4, 0.5) is 15.8 Å². The van der Waals surface area contributed by atoms with Gasteiger partial charge in [0.1, 0.15) is 11.9 Å². The third kappa shape index (κ3) is 2.82. The number of nitrogen functional groups attached to an aromatic ring is 1. The Balaban J connectivity index is 2.95. The lowest BCUT2D eigenvalue weighted by atomic mass is 10.2. The minimum atomic E-state index is -0.604. The second kappa shape index (κ2) is 4.48. The van der Waals surface area contributed by atoms with E-state index < -0.39 is 17.8 Å². The van der Waals surface area contributed by atoms with Crippen molar-refractivity contribution >= 4 is 33.2 Å². The number of amides is 1. The summed E-state index contributed by atoms with van der Waals surface area (Å²) in [6.45, 7) is 1.57. The van der Waals surface area contributed by atoms with Gasteiger partial charge >= 0.3 is 0 Å². The summed E-state index contributed by atoms with van der Waals surface area (Å²) < 4.78 is 13.4. The van der Waals surface area contributed by atoms with Crippen molar-refractivity contribution in [2.45, 2.75) is 13.0 Å². The number of rotatable bonds is 3. The molecule has 1 unspecified atom stereocenters. The van der Waals surface area contributed by atoms with E-state index in [1.807, 2.05) is 0 Å².